The highest BCUT2D eigenvalue weighted by Crippen LogP contribution is 2.38. The van der Waals surface area contributed by atoms with E-state index in [0.29, 0.717) is 11.6 Å². The van der Waals surface area contributed by atoms with E-state index in [9.17, 15) is 4.79 Å². The Balaban J connectivity index is 2.14. The van der Waals surface area contributed by atoms with Gasteiger partial charge < -0.3 is 15.8 Å². The highest BCUT2D eigenvalue weighted by atomic mass is 32.1. The summed E-state index contributed by atoms with van der Waals surface area (Å²) in [5.41, 5.74) is 4.96. The van der Waals surface area contributed by atoms with Crippen LogP contribution in [0.2, 0.25) is 0 Å². The van der Waals surface area contributed by atoms with Crippen molar-refractivity contribution in [3.8, 4) is 0 Å². The topological polar surface area (TPSA) is 64.3 Å². The van der Waals surface area contributed by atoms with Crippen molar-refractivity contribution in [2.75, 3.05) is 6.61 Å². The summed E-state index contributed by atoms with van der Waals surface area (Å²) in [4.78, 5) is 13.1. The van der Waals surface area contributed by atoms with E-state index in [1.807, 2.05) is 13.8 Å². The van der Waals surface area contributed by atoms with E-state index in [0.717, 1.165) is 38.5 Å². The molecular weight excluding hydrogens is 260 g/mol. The van der Waals surface area contributed by atoms with E-state index in [1.165, 1.54) is 0 Å². The average molecular weight is 284 g/mol. The SMILES string of the molecule is CC1OCCC1(C)NC(=O)C1(C(N)=S)CCCCC1. The highest BCUT2D eigenvalue weighted by Gasteiger charge is 2.47. The molecule has 1 amide bonds. The van der Waals surface area contributed by atoms with Crippen LogP contribution in [0.1, 0.15) is 52.4 Å². The molecule has 1 heterocycles. The van der Waals surface area contributed by atoms with Crippen LogP contribution in [-0.2, 0) is 9.53 Å². The zero-order chi connectivity index (χ0) is 14.1. The quantitative estimate of drug-likeness (QED) is 0.777. The number of nitrogens with two attached hydrogens (primary N) is 1. The van der Waals surface area contributed by atoms with Crippen molar-refractivity contribution in [3.05, 3.63) is 0 Å². The molecule has 0 aromatic carbocycles. The van der Waals surface area contributed by atoms with Gasteiger partial charge in [-0.2, -0.15) is 0 Å². The maximum atomic E-state index is 12.7. The second-order valence-electron chi connectivity index (χ2n) is 6.14. The molecule has 1 aliphatic carbocycles. The van der Waals surface area contributed by atoms with Gasteiger partial charge in [0.05, 0.1) is 22.0 Å². The van der Waals surface area contributed by atoms with Crippen molar-refractivity contribution in [2.45, 2.75) is 64.0 Å². The van der Waals surface area contributed by atoms with Crippen molar-refractivity contribution in [2.24, 2.45) is 11.1 Å². The smallest absolute Gasteiger partial charge is 0.233 e. The zero-order valence-corrected chi connectivity index (χ0v) is 12.6. The van der Waals surface area contributed by atoms with Gasteiger partial charge in [0.1, 0.15) is 0 Å². The number of carbonyl (C=O) groups excluding carboxylic acids is 1. The Morgan fingerprint density at radius 1 is 1.32 bits per heavy atom. The number of ether oxygens (including phenoxy) is 1. The van der Waals surface area contributed by atoms with E-state index >= 15 is 0 Å². The molecular formula is C14H24N2O2S. The molecule has 1 saturated carbocycles. The lowest BCUT2D eigenvalue weighted by Gasteiger charge is -2.39. The molecule has 2 atom stereocenters. The Hall–Kier alpha value is -0.680. The molecule has 108 valence electrons. The largest absolute Gasteiger partial charge is 0.392 e. The van der Waals surface area contributed by atoms with Gasteiger partial charge in [0.15, 0.2) is 0 Å². The lowest BCUT2D eigenvalue weighted by Crippen LogP contribution is -2.58. The molecule has 2 aliphatic rings. The molecule has 1 saturated heterocycles. The first-order valence-corrected chi connectivity index (χ1v) is 7.56. The van der Waals surface area contributed by atoms with Gasteiger partial charge in [-0.25, -0.2) is 0 Å². The summed E-state index contributed by atoms with van der Waals surface area (Å²) in [6.45, 7) is 4.73. The molecule has 2 rings (SSSR count). The highest BCUT2D eigenvalue weighted by molar-refractivity contribution is 7.80. The van der Waals surface area contributed by atoms with E-state index in [4.69, 9.17) is 22.7 Å². The lowest BCUT2D eigenvalue weighted by molar-refractivity contribution is -0.131. The van der Waals surface area contributed by atoms with Crippen LogP contribution >= 0.6 is 12.2 Å². The Labute approximate surface area is 120 Å². The Kier molecular flexibility index (Phi) is 4.16. The van der Waals surface area contributed by atoms with Crippen molar-refractivity contribution in [1.82, 2.24) is 5.32 Å². The number of hydrogen-bond donors (Lipinski definition) is 2. The van der Waals surface area contributed by atoms with E-state index in [-0.39, 0.29) is 17.6 Å². The molecule has 5 heteroatoms. The predicted molar refractivity (Wildman–Crippen MR) is 78.9 cm³/mol. The molecule has 0 radical (unpaired) electrons. The average Bonchev–Trinajstić information content (AvgIpc) is 2.70. The summed E-state index contributed by atoms with van der Waals surface area (Å²) in [5, 5.41) is 3.17. The lowest BCUT2D eigenvalue weighted by atomic mass is 9.72. The van der Waals surface area contributed by atoms with E-state index in [1.54, 1.807) is 0 Å². The molecule has 0 bridgehead atoms. The van der Waals surface area contributed by atoms with Crippen molar-refractivity contribution < 1.29 is 9.53 Å². The zero-order valence-electron chi connectivity index (χ0n) is 11.8. The Morgan fingerprint density at radius 3 is 2.42 bits per heavy atom. The summed E-state index contributed by atoms with van der Waals surface area (Å²) in [6.07, 6.45) is 5.63. The van der Waals surface area contributed by atoms with Crippen LogP contribution in [-0.4, -0.2) is 29.1 Å². The fraction of sp³-hybridized carbons (Fsp3) is 0.857. The van der Waals surface area contributed by atoms with Gasteiger partial charge in [0.2, 0.25) is 5.91 Å². The summed E-state index contributed by atoms with van der Waals surface area (Å²) in [5.74, 6) is -0.000417. The molecule has 3 N–H and O–H groups in total. The molecule has 2 unspecified atom stereocenters. The number of carbonyl (C=O) groups is 1. The van der Waals surface area contributed by atoms with Crippen molar-refractivity contribution >= 4 is 23.1 Å². The Bertz CT molecular complexity index is 380. The molecule has 0 aromatic rings. The number of amides is 1. The van der Waals surface area contributed by atoms with Crippen molar-refractivity contribution in [1.29, 1.82) is 0 Å². The van der Waals surface area contributed by atoms with Crippen LogP contribution in [0.5, 0.6) is 0 Å². The first-order chi connectivity index (χ1) is 8.91. The van der Waals surface area contributed by atoms with Gasteiger partial charge in [-0.05, 0) is 33.1 Å². The maximum Gasteiger partial charge on any atom is 0.233 e. The minimum absolute atomic E-state index is 0.000417. The van der Waals surface area contributed by atoms with Gasteiger partial charge in [-0.3, -0.25) is 4.79 Å². The van der Waals surface area contributed by atoms with E-state index in [2.05, 4.69) is 5.32 Å². The second kappa shape index (κ2) is 5.37. The van der Waals surface area contributed by atoms with Gasteiger partial charge in [-0.15, -0.1) is 0 Å². The molecule has 19 heavy (non-hydrogen) atoms. The molecule has 1 aliphatic heterocycles. The van der Waals surface area contributed by atoms with Gasteiger partial charge in [0, 0.05) is 6.61 Å². The fourth-order valence-corrected chi connectivity index (χ4v) is 3.42. The van der Waals surface area contributed by atoms with E-state index < -0.39 is 5.41 Å². The predicted octanol–water partition coefficient (Wildman–Crippen LogP) is 1.91. The third-order valence-electron chi connectivity index (χ3n) is 4.90. The summed E-state index contributed by atoms with van der Waals surface area (Å²) in [6, 6.07) is 0. The number of hydrogen-bond acceptors (Lipinski definition) is 3. The van der Waals surface area contributed by atoms with Crippen LogP contribution in [0, 0.1) is 5.41 Å². The number of rotatable bonds is 3. The second-order valence-corrected chi connectivity index (χ2v) is 6.58. The normalized spacial score (nSPS) is 33.9. The monoisotopic (exact) mass is 284 g/mol. The molecule has 0 aromatic heterocycles. The van der Waals surface area contributed by atoms with Gasteiger partial charge in [-0.1, -0.05) is 31.5 Å². The standard InChI is InChI=1S/C14H24N2O2S/c1-10-13(2,8-9-18-10)16-12(17)14(11(15)19)6-4-3-5-7-14/h10H,3-9H2,1-2H3,(H2,15,19)(H,16,17). The van der Waals surface area contributed by atoms with Crippen LogP contribution in [0.3, 0.4) is 0 Å². The summed E-state index contributed by atoms with van der Waals surface area (Å²) >= 11 is 5.20. The fourth-order valence-electron chi connectivity index (χ4n) is 3.12. The van der Waals surface area contributed by atoms with Gasteiger partial charge >= 0.3 is 0 Å². The minimum Gasteiger partial charge on any atom is -0.392 e. The maximum absolute atomic E-state index is 12.7. The van der Waals surface area contributed by atoms with Crippen LogP contribution < -0.4 is 11.1 Å². The van der Waals surface area contributed by atoms with Gasteiger partial charge in [0.25, 0.3) is 0 Å². The first kappa shape index (κ1) is 14.7. The number of thiocarbonyl (C=S) groups is 1. The minimum atomic E-state index is -0.640. The summed E-state index contributed by atoms with van der Waals surface area (Å²) in [7, 11) is 0. The van der Waals surface area contributed by atoms with Crippen LogP contribution in [0.4, 0.5) is 0 Å². The first-order valence-electron chi connectivity index (χ1n) is 7.15. The number of nitrogens with one attached hydrogen (secondary N) is 1. The molecule has 2 fully saturated rings. The molecule has 0 spiro atoms. The summed E-state index contributed by atoms with van der Waals surface area (Å²) < 4.78 is 5.57. The van der Waals surface area contributed by atoms with Crippen LogP contribution in [0.15, 0.2) is 0 Å². The van der Waals surface area contributed by atoms with Crippen LogP contribution in [0.25, 0.3) is 0 Å². The third kappa shape index (κ3) is 2.63. The Morgan fingerprint density at radius 2 is 1.95 bits per heavy atom. The molecule has 4 nitrogen and oxygen atoms in total. The van der Waals surface area contributed by atoms with Crippen molar-refractivity contribution in [3.63, 3.8) is 0 Å². The third-order valence-corrected chi connectivity index (χ3v) is 5.29.